The van der Waals surface area contributed by atoms with E-state index in [9.17, 15) is 0 Å². The van der Waals surface area contributed by atoms with Gasteiger partial charge in [-0.2, -0.15) is 0 Å². The number of pyridine rings is 1. The van der Waals surface area contributed by atoms with Crippen LogP contribution in [0.1, 0.15) is 10.4 Å². The average molecular weight is 298 g/mol. The Kier molecular flexibility index (Phi) is 3.46. The molecule has 0 atom stereocenters. The number of hydrogen-bond acceptors (Lipinski definition) is 4. The predicted octanol–water partition coefficient (Wildman–Crippen LogP) is 3.41. The van der Waals surface area contributed by atoms with Crippen LogP contribution in [-0.4, -0.2) is 4.98 Å². The van der Waals surface area contributed by atoms with Crippen molar-refractivity contribution in [3.8, 4) is 0 Å². The van der Waals surface area contributed by atoms with Gasteiger partial charge in [0.2, 0.25) is 0 Å². The molecule has 0 aromatic carbocycles. The predicted molar refractivity (Wildman–Crippen MR) is 72.7 cm³/mol. The van der Waals surface area contributed by atoms with Gasteiger partial charge >= 0.3 is 0 Å². The summed E-state index contributed by atoms with van der Waals surface area (Å²) >= 11 is 5.13. The van der Waals surface area contributed by atoms with Gasteiger partial charge in [0.05, 0.1) is 16.0 Å². The van der Waals surface area contributed by atoms with Crippen LogP contribution in [-0.2, 0) is 6.54 Å². The van der Waals surface area contributed by atoms with Crippen LogP contribution in [0.5, 0.6) is 0 Å². The molecule has 3 nitrogen and oxygen atoms in total. The number of nitrogen functional groups attached to an aromatic ring is 1. The molecule has 0 aliphatic rings. The van der Waals surface area contributed by atoms with Crippen molar-refractivity contribution >= 4 is 38.8 Å². The number of halogens is 1. The third-order valence-electron chi connectivity index (χ3n) is 2.11. The number of thiophene rings is 1. The highest BCUT2D eigenvalue weighted by molar-refractivity contribution is 9.11. The number of aryl methyl sites for hydroxylation is 1. The molecule has 0 aliphatic heterocycles. The van der Waals surface area contributed by atoms with Gasteiger partial charge in [0.15, 0.2) is 0 Å². The number of hydrogen-bond donors (Lipinski definition) is 2. The fourth-order valence-electron chi connectivity index (χ4n) is 1.36. The van der Waals surface area contributed by atoms with E-state index in [4.69, 9.17) is 5.73 Å². The number of nitrogens with one attached hydrogen (secondary N) is 1. The lowest BCUT2D eigenvalue weighted by molar-refractivity contribution is 1.13. The number of aromatic nitrogens is 1. The summed E-state index contributed by atoms with van der Waals surface area (Å²) in [5, 5.41) is 3.22. The minimum absolute atomic E-state index is 0.690. The number of nitrogens with zero attached hydrogens (tertiary/aromatic N) is 1. The third-order valence-corrected chi connectivity index (χ3v) is 3.74. The zero-order chi connectivity index (χ0) is 11.5. The zero-order valence-corrected chi connectivity index (χ0v) is 11.2. The molecule has 16 heavy (non-hydrogen) atoms. The smallest absolute Gasteiger partial charge is 0.149 e. The summed E-state index contributed by atoms with van der Waals surface area (Å²) in [6.07, 6.45) is 1.81. The van der Waals surface area contributed by atoms with Gasteiger partial charge in [-0.25, -0.2) is 4.98 Å². The van der Waals surface area contributed by atoms with E-state index >= 15 is 0 Å². The number of rotatable bonds is 3. The maximum atomic E-state index is 5.86. The van der Waals surface area contributed by atoms with E-state index in [2.05, 4.69) is 32.3 Å². The second-order valence-corrected chi connectivity index (χ2v) is 6.06. The van der Waals surface area contributed by atoms with Crippen molar-refractivity contribution in [1.82, 2.24) is 4.98 Å². The molecule has 0 amide bonds. The summed E-state index contributed by atoms with van der Waals surface area (Å²) in [6.45, 7) is 2.72. The average Bonchev–Trinajstić information content (AvgIpc) is 2.63. The largest absolute Gasteiger partial charge is 0.396 e. The first-order valence-corrected chi connectivity index (χ1v) is 6.46. The zero-order valence-electron chi connectivity index (χ0n) is 8.83. The molecule has 0 bridgehead atoms. The van der Waals surface area contributed by atoms with Gasteiger partial charge in [-0.1, -0.05) is 0 Å². The van der Waals surface area contributed by atoms with Crippen LogP contribution in [0.25, 0.3) is 0 Å². The lowest BCUT2D eigenvalue weighted by Gasteiger charge is -2.07. The maximum absolute atomic E-state index is 5.86. The summed E-state index contributed by atoms with van der Waals surface area (Å²) in [5.41, 5.74) is 7.62. The van der Waals surface area contributed by atoms with Gasteiger partial charge in [-0.05, 0) is 46.6 Å². The highest BCUT2D eigenvalue weighted by Gasteiger charge is 2.02. The van der Waals surface area contributed by atoms with Crippen LogP contribution in [0.15, 0.2) is 28.2 Å². The Bertz CT molecular complexity index is 496. The monoisotopic (exact) mass is 297 g/mol. The fraction of sp³-hybridized carbons (Fsp3) is 0.182. The van der Waals surface area contributed by atoms with Gasteiger partial charge in [0, 0.05) is 11.1 Å². The summed E-state index contributed by atoms with van der Waals surface area (Å²) in [4.78, 5) is 5.50. The van der Waals surface area contributed by atoms with Crippen molar-refractivity contribution in [3.63, 3.8) is 0 Å². The first kappa shape index (κ1) is 11.4. The minimum Gasteiger partial charge on any atom is -0.396 e. The van der Waals surface area contributed by atoms with Crippen LogP contribution in [0.3, 0.4) is 0 Å². The van der Waals surface area contributed by atoms with Crippen LogP contribution in [0.4, 0.5) is 11.5 Å². The summed E-state index contributed by atoms with van der Waals surface area (Å²) in [7, 11) is 0. The summed E-state index contributed by atoms with van der Waals surface area (Å²) < 4.78 is 1.13. The van der Waals surface area contributed by atoms with Crippen LogP contribution in [0.2, 0.25) is 0 Å². The number of nitrogens with two attached hydrogens (primary N) is 1. The molecule has 0 aliphatic carbocycles. The Balaban J connectivity index is 2.04. The molecule has 3 N–H and O–H groups in total. The van der Waals surface area contributed by atoms with E-state index in [0.717, 1.165) is 21.7 Å². The van der Waals surface area contributed by atoms with Gasteiger partial charge in [-0.15, -0.1) is 11.3 Å². The SMILES string of the molecule is Cc1cnc(NCc2ccc(Br)s2)c(N)c1. The third kappa shape index (κ3) is 2.74. The second kappa shape index (κ2) is 4.84. The van der Waals surface area contributed by atoms with Gasteiger partial charge in [0.1, 0.15) is 5.82 Å². The normalized spacial score (nSPS) is 10.4. The summed E-state index contributed by atoms with van der Waals surface area (Å²) in [6, 6.07) is 6.03. The van der Waals surface area contributed by atoms with E-state index in [1.54, 1.807) is 11.3 Å². The summed E-state index contributed by atoms with van der Waals surface area (Å²) in [5.74, 6) is 0.745. The van der Waals surface area contributed by atoms with Crippen molar-refractivity contribution in [1.29, 1.82) is 0 Å². The highest BCUT2D eigenvalue weighted by atomic mass is 79.9. The first-order chi connectivity index (χ1) is 7.65. The molecule has 0 fully saturated rings. The van der Waals surface area contributed by atoms with Crippen molar-refractivity contribution in [2.75, 3.05) is 11.1 Å². The van der Waals surface area contributed by atoms with Gasteiger partial charge in [-0.3, -0.25) is 0 Å². The molecule has 0 radical (unpaired) electrons. The Labute approximate surface area is 107 Å². The molecule has 84 valence electrons. The maximum Gasteiger partial charge on any atom is 0.149 e. The Morgan fingerprint density at radius 3 is 2.94 bits per heavy atom. The molecule has 0 saturated carbocycles. The van der Waals surface area contributed by atoms with Crippen molar-refractivity contribution in [3.05, 3.63) is 38.6 Å². The lowest BCUT2D eigenvalue weighted by atomic mass is 10.3. The fourth-order valence-corrected chi connectivity index (χ4v) is 2.78. The lowest BCUT2D eigenvalue weighted by Crippen LogP contribution is -2.03. The van der Waals surface area contributed by atoms with E-state index in [1.807, 2.05) is 25.3 Å². The molecule has 2 rings (SSSR count). The van der Waals surface area contributed by atoms with Crippen molar-refractivity contribution in [2.24, 2.45) is 0 Å². The Morgan fingerprint density at radius 2 is 2.31 bits per heavy atom. The molecule has 0 unspecified atom stereocenters. The molecule has 0 saturated heterocycles. The van der Waals surface area contributed by atoms with E-state index in [1.165, 1.54) is 4.88 Å². The van der Waals surface area contributed by atoms with E-state index in [-0.39, 0.29) is 0 Å². The molecule has 0 spiro atoms. The van der Waals surface area contributed by atoms with Crippen molar-refractivity contribution < 1.29 is 0 Å². The van der Waals surface area contributed by atoms with Gasteiger partial charge < -0.3 is 11.1 Å². The van der Waals surface area contributed by atoms with Crippen molar-refractivity contribution in [2.45, 2.75) is 13.5 Å². The molecule has 2 aromatic heterocycles. The van der Waals surface area contributed by atoms with Crippen LogP contribution in [0, 0.1) is 6.92 Å². The van der Waals surface area contributed by atoms with Crippen LogP contribution >= 0.6 is 27.3 Å². The van der Waals surface area contributed by atoms with Gasteiger partial charge in [0.25, 0.3) is 0 Å². The van der Waals surface area contributed by atoms with Crippen LogP contribution < -0.4 is 11.1 Å². The Hall–Kier alpha value is -1.07. The van der Waals surface area contributed by atoms with E-state index < -0.39 is 0 Å². The highest BCUT2D eigenvalue weighted by Crippen LogP contribution is 2.23. The molecule has 2 aromatic rings. The quantitative estimate of drug-likeness (QED) is 0.913. The van der Waals surface area contributed by atoms with E-state index in [0.29, 0.717) is 5.69 Å². The minimum atomic E-state index is 0.690. The topological polar surface area (TPSA) is 50.9 Å². The second-order valence-electron chi connectivity index (χ2n) is 3.51. The molecule has 5 heteroatoms. The number of anilines is 2. The molecular formula is C11H12BrN3S. The molecular weight excluding hydrogens is 286 g/mol. The molecule has 2 heterocycles. The standard InChI is InChI=1S/C11H12BrN3S/c1-7-4-9(13)11(14-5-7)15-6-8-2-3-10(12)16-8/h2-5H,6,13H2,1H3,(H,14,15). The Morgan fingerprint density at radius 1 is 1.50 bits per heavy atom. The first-order valence-electron chi connectivity index (χ1n) is 4.85.